The quantitative estimate of drug-likeness (QED) is 0.675. The van der Waals surface area contributed by atoms with Gasteiger partial charge in [0.1, 0.15) is 5.75 Å². The molecule has 12 heavy (non-hydrogen) atoms. The molecule has 0 spiro atoms. The zero-order chi connectivity index (χ0) is 8.55. The molecule has 1 aromatic carbocycles. The largest absolute Gasteiger partial charge is 0.506 e. The second-order valence-corrected chi connectivity index (χ2v) is 2.87. The minimum Gasteiger partial charge on any atom is -0.506 e. The van der Waals surface area contributed by atoms with Gasteiger partial charge in [0.15, 0.2) is 0 Å². The van der Waals surface area contributed by atoms with Gasteiger partial charge in [0, 0.05) is 11.6 Å². The van der Waals surface area contributed by atoms with Crippen molar-refractivity contribution in [2.75, 3.05) is 0 Å². The number of pyridine rings is 1. The maximum Gasteiger partial charge on any atom is 0.143 e. The molecule has 0 aliphatic rings. The van der Waals surface area contributed by atoms with Crippen molar-refractivity contribution >= 4 is 22.5 Å². The van der Waals surface area contributed by atoms with E-state index < -0.39 is 0 Å². The molecule has 0 radical (unpaired) electrons. The van der Waals surface area contributed by atoms with E-state index in [0.29, 0.717) is 10.4 Å². The van der Waals surface area contributed by atoms with Crippen LogP contribution >= 0.6 is 11.6 Å². The fourth-order valence-corrected chi connectivity index (χ4v) is 1.28. The molecular formula is C9H6ClNO. The fraction of sp³-hybridized carbons (Fsp3) is 0. The monoisotopic (exact) mass is 179 g/mol. The van der Waals surface area contributed by atoms with Crippen LogP contribution in [0.1, 0.15) is 0 Å². The standard InChI is InChI=1S/C9H6ClNO/c10-7-3-4-8-6(9(7)12)2-1-5-11-8/h1-5,12H. The van der Waals surface area contributed by atoms with Gasteiger partial charge in [-0.25, -0.2) is 0 Å². The summed E-state index contributed by atoms with van der Waals surface area (Å²) in [7, 11) is 0. The van der Waals surface area contributed by atoms with Crippen LogP contribution in [0, 0.1) is 0 Å². The van der Waals surface area contributed by atoms with Crippen LogP contribution in [0.4, 0.5) is 0 Å². The summed E-state index contributed by atoms with van der Waals surface area (Å²) in [4.78, 5) is 4.06. The lowest BCUT2D eigenvalue weighted by Gasteiger charge is -2.00. The number of hydrogen-bond acceptors (Lipinski definition) is 2. The van der Waals surface area contributed by atoms with Gasteiger partial charge in [0.2, 0.25) is 0 Å². The highest BCUT2D eigenvalue weighted by Crippen LogP contribution is 2.30. The molecule has 1 heterocycles. The Kier molecular flexibility index (Phi) is 1.62. The highest BCUT2D eigenvalue weighted by molar-refractivity contribution is 6.33. The Hall–Kier alpha value is -1.28. The van der Waals surface area contributed by atoms with Gasteiger partial charge in [-0.1, -0.05) is 11.6 Å². The van der Waals surface area contributed by atoms with Crippen LogP contribution in [0.15, 0.2) is 30.5 Å². The average molecular weight is 180 g/mol. The highest BCUT2D eigenvalue weighted by atomic mass is 35.5. The number of benzene rings is 1. The normalized spacial score (nSPS) is 10.4. The van der Waals surface area contributed by atoms with Gasteiger partial charge >= 0.3 is 0 Å². The zero-order valence-electron chi connectivity index (χ0n) is 6.16. The number of halogens is 1. The molecule has 60 valence electrons. The number of hydrogen-bond donors (Lipinski definition) is 1. The third-order valence-electron chi connectivity index (χ3n) is 1.71. The molecule has 0 bridgehead atoms. The van der Waals surface area contributed by atoms with Gasteiger partial charge in [-0.3, -0.25) is 4.98 Å². The average Bonchev–Trinajstić information content (AvgIpc) is 2.12. The van der Waals surface area contributed by atoms with Crippen molar-refractivity contribution in [1.82, 2.24) is 4.98 Å². The van der Waals surface area contributed by atoms with E-state index >= 15 is 0 Å². The molecule has 2 rings (SSSR count). The molecule has 2 aromatic rings. The first-order chi connectivity index (χ1) is 5.79. The third-order valence-corrected chi connectivity index (χ3v) is 2.01. The molecule has 0 fully saturated rings. The van der Waals surface area contributed by atoms with Crippen molar-refractivity contribution in [2.24, 2.45) is 0 Å². The van der Waals surface area contributed by atoms with E-state index in [-0.39, 0.29) is 5.75 Å². The molecule has 2 nitrogen and oxygen atoms in total. The van der Waals surface area contributed by atoms with Gasteiger partial charge in [-0.15, -0.1) is 0 Å². The van der Waals surface area contributed by atoms with Crippen molar-refractivity contribution in [3.8, 4) is 5.75 Å². The minimum atomic E-state index is 0.0993. The molecule has 0 saturated heterocycles. The summed E-state index contributed by atoms with van der Waals surface area (Å²) in [6.45, 7) is 0. The van der Waals surface area contributed by atoms with Crippen LogP contribution in [0.3, 0.4) is 0 Å². The highest BCUT2D eigenvalue weighted by Gasteiger charge is 2.02. The number of fused-ring (bicyclic) bond motifs is 1. The predicted octanol–water partition coefficient (Wildman–Crippen LogP) is 2.59. The Bertz CT molecular complexity index is 428. The number of phenolic OH excluding ortho intramolecular Hbond substituents is 1. The second-order valence-electron chi connectivity index (χ2n) is 2.47. The molecule has 1 N–H and O–H groups in total. The van der Waals surface area contributed by atoms with E-state index in [1.807, 2.05) is 0 Å². The van der Waals surface area contributed by atoms with Crippen molar-refractivity contribution < 1.29 is 5.11 Å². The molecule has 0 aliphatic carbocycles. The van der Waals surface area contributed by atoms with E-state index in [9.17, 15) is 5.11 Å². The van der Waals surface area contributed by atoms with Crippen LogP contribution in [0.2, 0.25) is 5.02 Å². The maximum atomic E-state index is 9.49. The van der Waals surface area contributed by atoms with Gasteiger partial charge in [0.05, 0.1) is 10.5 Å². The molecule has 0 unspecified atom stereocenters. The van der Waals surface area contributed by atoms with Gasteiger partial charge < -0.3 is 5.11 Å². The number of rotatable bonds is 0. The summed E-state index contributed by atoms with van der Waals surface area (Å²) in [5.41, 5.74) is 0.749. The molecule has 3 heteroatoms. The molecule has 1 aromatic heterocycles. The van der Waals surface area contributed by atoms with Crippen molar-refractivity contribution in [2.45, 2.75) is 0 Å². The number of nitrogens with zero attached hydrogens (tertiary/aromatic N) is 1. The lowest BCUT2D eigenvalue weighted by Crippen LogP contribution is -1.78. The minimum absolute atomic E-state index is 0.0993. The lowest BCUT2D eigenvalue weighted by atomic mass is 10.2. The lowest BCUT2D eigenvalue weighted by molar-refractivity contribution is 0.482. The SMILES string of the molecule is Oc1c(Cl)ccc2ncccc12. The smallest absolute Gasteiger partial charge is 0.143 e. The molecular weight excluding hydrogens is 174 g/mol. The molecule has 0 amide bonds. The van der Waals surface area contributed by atoms with Crippen molar-refractivity contribution in [3.63, 3.8) is 0 Å². The van der Waals surface area contributed by atoms with Crippen LogP contribution < -0.4 is 0 Å². The summed E-state index contributed by atoms with van der Waals surface area (Å²) in [5, 5.41) is 10.5. The van der Waals surface area contributed by atoms with E-state index in [2.05, 4.69) is 4.98 Å². The summed E-state index contributed by atoms with van der Waals surface area (Å²) >= 11 is 5.71. The Morgan fingerprint density at radius 3 is 2.92 bits per heavy atom. The summed E-state index contributed by atoms with van der Waals surface area (Å²) in [5.74, 6) is 0.0993. The summed E-state index contributed by atoms with van der Waals surface area (Å²) in [6.07, 6.45) is 1.68. The van der Waals surface area contributed by atoms with Crippen LogP contribution in [-0.2, 0) is 0 Å². The van der Waals surface area contributed by atoms with Gasteiger partial charge in [-0.05, 0) is 24.3 Å². The molecule has 0 aliphatic heterocycles. The van der Waals surface area contributed by atoms with Crippen LogP contribution in [0.25, 0.3) is 10.9 Å². The number of aromatic nitrogens is 1. The van der Waals surface area contributed by atoms with E-state index in [0.717, 1.165) is 5.52 Å². The fourth-order valence-electron chi connectivity index (χ4n) is 1.11. The number of aromatic hydroxyl groups is 1. The molecule has 0 atom stereocenters. The first kappa shape index (κ1) is 7.37. The van der Waals surface area contributed by atoms with Crippen molar-refractivity contribution in [3.05, 3.63) is 35.5 Å². The predicted molar refractivity (Wildman–Crippen MR) is 48.4 cm³/mol. The number of phenols is 1. The zero-order valence-corrected chi connectivity index (χ0v) is 6.92. The Morgan fingerprint density at radius 1 is 1.25 bits per heavy atom. The topological polar surface area (TPSA) is 33.1 Å². The van der Waals surface area contributed by atoms with Crippen LogP contribution in [0.5, 0.6) is 5.75 Å². The van der Waals surface area contributed by atoms with E-state index in [1.54, 1.807) is 30.5 Å². The summed E-state index contributed by atoms with van der Waals surface area (Å²) < 4.78 is 0. The van der Waals surface area contributed by atoms with E-state index in [4.69, 9.17) is 11.6 Å². The Balaban J connectivity index is 2.91. The first-order valence-corrected chi connectivity index (χ1v) is 3.89. The third kappa shape index (κ3) is 1.01. The van der Waals surface area contributed by atoms with Crippen LogP contribution in [-0.4, -0.2) is 10.1 Å². The van der Waals surface area contributed by atoms with Crippen molar-refractivity contribution in [1.29, 1.82) is 0 Å². The van der Waals surface area contributed by atoms with E-state index in [1.165, 1.54) is 0 Å². The van der Waals surface area contributed by atoms with Gasteiger partial charge in [-0.2, -0.15) is 0 Å². The maximum absolute atomic E-state index is 9.49. The molecule has 0 saturated carbocycles. The second kappa shape index (κ2) is 2.64. The first-order valence-electron chi connectivity index (χ1n) is 3.51. The van der Waals surface area contributed by atoms with Gasteiger partial charge in [0.25, 0.3) is 0 Å². The summed E-state index contributed by atoms with van der Waals surface area (Å²) in [6, 6.07) is 6.95. The Morgan fingerprint density at radius 2 is 2.08 bits per heavy atom. The Labute approximate surface area is 74.4 Å².